The number of H-pyrrole nitrogens is 2. The molecule has 0 aromatic carbocycles. The SMILES string of the molecule is C[C@H](O)C(=O)C1=Nc2c(nc(N)[nH]c2=O)NC1.C[C@H](O)C(=O)C1CNc2nc(N)[nH]c(=O)c2C1. The summed E-state index contributed by atoms with van der Waals surface area (Å²) in [4.78, 5) is 62.7. The first-order chi connectivity index (χ1) is 16.0. The molecule has 10 N–H and O–H groups in total. The van der Waals surface area contributed by atoms with Gasteiger partial charge in [0.2, 0.25) is 17.7 Å². The molecule has 15 nitrogen and oxygen atoms in total. The first-order valence-corrected chi connectivity index (χ1v) is 10.3. The van der Waals surface area contributed by atoms with Crippen LogP contribution in [0.3, 0.4) is 0 Å². The van der Waals surface area contributed by atoms with Gasteiger partial charge in [-0.05, 0) is 20.3 Å². The van der Waals surface area contributed by atoms with E-state index in [0.29, 0.717) is 17.9 Å². The molecule has 0 spiro atoms. The van der Waals surface area contributed by atoms with Gasteiger partial charge in [-0.3, -0.25) is 29.1 Å². The molecular weight excluding hydrogens is 450 g/mol. The molecule has 0 aliphatic carbocycles. The number of Topliss-reactive ketones (excluding diaryl/α,β-unsaturated/α-hetero) is 2. The van der Waals surface area contributed by atoms with Gasteiger partial charge < -0.3 is 32.3 Å². The number of rotatable bonds is 4. The summed E-state index contributed by atoms with van der Waals surface area (Å²) in [7, 11) is 0. The molecule has 1 unspecified atom stereocenters. The van der Waals surface area contributed by atoms with Crippen molar-refractivity contribution in [2.24, 2.45) is 10.9 Å². The van der Waals surface area contributed by atoms with Crippen LogP contribution in [0, 0.1) is 5.92 Å². The Kier molecular flexibility index (Phi) is 7.07. The fourth-order valence-electron chi connectivity index (χ4n) is 3.37. The predicted molar refractivity (Wildman–Crippen MR) is 123 cm³/mol. The Morgan fingerprint density at radius 1 is 0.971 bits per heavy atom. The van der Waals surface area contributed by atoms with E-state index < -0.39 is 29.5 Å². The van der Waals surface area contributed by atoms with Crippen LogP contribution in [0.4, 0.5) is 29.2 Å². The number of aromatic nitrogens is 4. The molecular formula is C19H25N9O6. The maximum atomic E-state index is 11.6. The summed E-state index contributed by atoms with van der Waals surface area (Å²) in [5.41, 5.74) is 10.4. The summed E-state index contributed by atoms with van der Waals surface area (Å²) in [5, 5.41) is 24.0. The van der Waals surface area contributed by atoms with Crippen LogP contribution < -0.4 is 33.2 Å². The molecule has 15 heteroatoms. The lowest BCUT2D eigenvalue weighted by atomic mass is 9.91. The average Bonchev–Trinajstić information content (AvgIpc) is 2.77. The van der Waals surface area contributed by atoms with Gasteiger partial charge >= 0.3 is 0 Å². The van der Waals surface area contributed by atoms with E-state index in [9.17, 15) is 24.3 Å². The monoisotopic (exact) mass is 475 g/mol. The number of aliphatic hydroxyl groups is 2. The second-order valence-electron chi connectivity index (χ2n) is 7.74. The summed E-state index contributed by atoms with van der Waals surface area (Å²) >= 11 is 0. The highest BCUT2D eigenvalue weighted by molar-refractivity contribution is 6.43. The lowest BCUT2D eigenvalue weighted by Crippen LogP contribution is -2.38. The van der Waals surface area contributed by atoms with Crippen molar-refractivity contribution < 1.29 is 19.8 Å². The molecule has 2 aromatic heterocycles. The molecule has 0 amide bonds. The number of aliphatic imine (C=N–C) groups is 1. The number of nitrogens with zero attached hydrogens (tertiary/aromatic N) is 3. The first kappa shape index (κ1) is 24.5. The van der Waals surface area contributed by atoms with Gasteiger partial charge in [-0.1, -0.05) is 0 Å². The third-order valence-corrected chi connectivity index (χ3v) is 5.06. The van der Waals surface area contributed by atoms with Crippen LogP contribution in [-0.2, 0) is 16.0 Å². The fourth-order valence-corrected chi connectivity index (χ4v) is 3.37. The van der Waals surface area contributed by atoms with Crippen LogP contribution >= 0.6 is 0 Å². The lowest BCUT2D eigenvalue weighted by molar-refractivity contribution is -0.130. The largest absolute Gasteiger partial charge is 0.386 e. The van der Waals surface area contributed by atoms with E-state index in [0.717, 1.165) is 0 Å². The number of fused-ring (bicyclic) bond motifs is 2. The number of aliphatic hydroxyl groups excluding tert-OH is 2. The third kappa shape index (κ3) is 5.26. The third-order valence-electron chi connectivity index (χ3n) is 5.06. The van der Waals surface area contributed by atoms with Crippen LogP contribution in [0.15, 0.2) is 14.6 Å². The molecule has 0 radical (unpaired) electrons. The molecule has 3 atom stereocenters. The Morgan fingerprint density at radius 3 is 2.21 bits per heavy atom. The van der Waals surface area contributed by atoms with Crippen LogP contribution in [0.2, 0.25) is 0 Å². The minimum Gasteiger partial charge on any atom is -0.386 e. The van der Waals surface area contributed by atoms with Gasteiger partial charge in [0.25, 0.3) is 11.1 Å². The van der Waals surface area contributed by atoms with Gasteiger partial charge in [0.05, 0.1) is 12.1 Å². The average molecular weight is 475 g/mol. The summed E-state index contributed by atoms with van der Waals surface area (Å²) in [6.45, 7) is 3.22. The van der Waals surface area contributed by atoms with Crippen molar-refractivity contribution in [1.82, 2.24) is 19.9 Å². The highest BCUT2D eigenvalue weighted by Gasteiger charge is 2.29. The van der Waals surface area contributed by atoms with Gasteiger partial charge in [-0.15, -0.1) is 0 Å². The second kappa shape index (κ2) is 9.80. The van der Waals surface area contributed by atoms with Gasteiger partial charge in [0.15, 0.2) is 17.3 Å². The normalized spacial score (nSPS) is 17.9. The summed E-state index contributed by atoms with van der Waals surface area (Å²) in [6.07, 6.45) is -1.91. The second-order valence-corrected chi connectivity index (χ2v) is 7.74. The van der Waals surface area contributed by atoms with E-state index in [1.54, 1.807) is 0 Å². The zero-order chi connectivity index (χ0) is 25.2. The van der Waals surface area contributed by atoms with Gasteiger partial charge in [-0.25, -0.2) is 4.99 Å². The molecule has 0 fully saturated rings. The van der Waals surface area contributed by atoms with E-state index in [1.807, 2.05) is 0 Å². The van der Waals surface area contributed by atoms with E-state index in [-0.39, 0.29) is 53.4 Å². The number of carbonyl (C=O) groups is 2. The molecule has 4 rings (SSSR count). The maximum absolute atomic E-state index is 11.6. The van der Waals surface area contributed by atoms with Crippen molar-refractivity contribution in [2.45, 2.75) is 32.5 Å². The van der Waals surface area contributed by atoms with E-state index in [1.165, 1.54) is 13.8 Å². The van der Waals surface area contributed by atoms with Crippen molar-refractivity contribution in [3.8, 4) is 0 Å². The number of nitrogens with two attached hydrogens (primary N) is 2. The summed E-state index contributed by atoms with van der Waals surface area (Å²) in [6, 6.07) is 0. The molecule has 0 saturated heterocycles. The van der Waals surface area contributed by atoms with Crippen LogP contribution in [0.5, 0.6) is 0 Å². The summed E-state index contributed by atoms with van der Waals surface area (Å²) in [5.74, 6) is -0.551. The van der Waals surface area contributed by atoms with E-state index >= 15 is 0 Å². The van der Waals surface area contributed by atoms with Crippen molar-refractivity contribution in [3.63, 3.8) is 0 Å². The topological polar surface area (TPSA) is 255 Å². The molecule has 2 aromatic rings. The fraction of sp³-hybridized carbons (Fsp3) is 0.421. The van der Waals surface area contributed by atoms with Crippen LogP contribution in [-0.4, -0.2) is 72.7 Å². The number of nitrogen functional groups attached to an aromatic ring is 2. The highest BCUT2D eigenvalue weighted by atomic mass is 16.3. The standard InChI is InChI=1S/C10H14N4O3.C9H11N5O3/c1-4(15)7(16)5-2-6-8(12-3-5)13-10(11)14-9(6)17;1-3(15)6(16)4-2-11-7-5(12-4)8(17)14-9(10)13-7/h4-5,15H,2-3H2,1H3,(H4,11,12,13,14,17);3,15H,2H2,1H3,(H4,10,11,13,14,17)/t4-,5?;3-/m00/s1. The number of anilines is 4. The Bertz CT molecular complexity index is 1260. The zero-order valence-corrected chi connectivity index (χ0v) is 18.4. The molecule has 2 aliphatic heterocycles. The molecule has 4 heterocycles. The summed E-state index contributed by atoms with van der Waals surface area (Å²) < 4.78 is 0. The highest BCUT2D eigenvalue weighted by Crippen LogP contribution is 2.22. The van der Waals surface area contributed by atoms with Crippen molar-refractivity contribution >= 4 is 46.5 Å². The van der Waals surface area contributed by atoms with Crippen LogP contribution in [0.25, 0.3) is 0 Å². The number of hydrogen-bond acceptors (Lipinski definition) is 13. The number of aromatic amines is 2. The van der Waals surface area contributed by atoms with E-state index in [4.69, 9.17) is 16.6 Å². The molecule has 34 heavy (non-hydrogen) atoms. The minimum absolute atomic E-state index is 0.00514. The van der Waals surface area contributed by atoms with Crippen molar-refractivity contribution in [2.75, 3.05) is 35.2 Å². The molecule has 2 aliphatic rings. The first-order valence-electron chi connectivity index (χ1n) is 10.3. The minimum atomic E-state index is -1.15. The van der Waals surface area contributed by atoms with Crippen molar-refractivity contribution in [1.29, 1.82) is 0 Å². The molecule has 0 saturated carbocycles. The number of carbonyl (C=O) groups excluding carboxylic acids is 2. The lowest BCUT2D eigenvalue weighted by Gasteiger charge is -2.24. The van der Waals surface area contributed by atoms with Gasteiger partial charge in [-0.2, -0.15) is 9.97 Å². The Hall–Kier alpha value is -4.11. The van der Waals surface area contributed by atoms with E-state index in [2.05, 4.69) is 35.6 Å². The van der Waals surface area contributed by atoms with Crippen LogP contribution in [0.1, 0.15) is 19.4 Å². The Balaban J connectivity index is 0.000000191. The Morgan fingerprint density at radius 2 is 1.59 bits per heavy atom. The number of nitrogens with one attached hydrogen (secondary N) is 4. The molecule has 0 bridgehead atoms. The van der Waals surface area contributed by atoms with Gasteiger partial charge in [0.1, 0.15) is 23.7 Å². The zero-order valence-electron chi connectivity index (χ0n) is 18.4. The smallest absolute Gasteiger partial charge is 0.280 e. The predicted octanol–water partition coefficient (Wildman–Crippen LogP) is -2.31. The number of hydrogen-bond donors (Lipinski definition) is 8. The molecule has 182 valence electrons. The number of ketones is 2. The Labute approximate surface area is 191 Å². The van der Waals surface area contributed by atoms with Crippen molar-refractivity contribution in [3.05, 3.63) is 26.3 Å². The quantitative estimate of drug-likeness (QED) is 0.232. The van der Waals surface area contributed by atoms with Gasteiger partial charge in [0, 0.05) is 12.5 Å². The maximum Gasteiger partial charge on any atom is 0.280 e.